The summed E-state index contributed by atoms with van der Waals surface area (Å²) in [7, 11) is 0. The topological polar surface area (TPSA) is 78.9 Å². The molecule has 170 valence electrons. The largest absolute Gasteiger partial charge is 0.482 e. The van der Waals surface area contributed by atoms with Gasteiger partial charge in [-0.2, -0.15) is 0 Å². The van der Waals surface area contributed by atoms with E-state index in [1.165, 1.54) is 11.1 Å². The molecular weight excluding hydrogens is 416 g/mol. The Morgan fingerprint density at radius 3 is 2.27 bits per heavy atom. The molecule has 33 heavy (non-hydrogen) atoms. The number of fused-ring (bicyclic) bond motifs is 1. The smallest absolute Gasteiger partial charge is 0.341 e. The number of carbonyl (C=O) groups excluding carboxylic acids is 1. The van der Waals surface area contributed by atoms with Gasteiger partial charge in [-0.25, -0.2) is 4.79 Å². The number of carbonyl (C=O) groups is 2. The minimum atomic E-state index is -0.989. The standard InChI is InChI=1S/C27H28N2O4/c30-26(28-29(22-10-3-1-4-11-22)23-12-5-2-6-13-23)17-14-20-8-7-9-21-18-24(15-16-25(20)21)33-19-27(31)32/h1-6,10-13,15-16,18,20H,7-9,14,17,19H2,(H,28,30)(H,31,32). The van der Waals surface area contributed by atoms with Gasteiger partial charge in [-0.15, -0.1) is 0 Å². The summed E-state index contributed by atoms with van der Waals surface area (Å²) >= 11 is 0. The molecule has 0 aliphatic heterocycles. The highest BCUT2D eigenvalue weighted by atomic mass is 16.5. The van der Waals surface area contributed by atoms with E-state index in [1.807, 2.05) is 83.9 Å². The van der Waals surface area contributed by atoms with Crippen LogP contribution < -0.4 is 15.2 Å². The lowest BCUT2D eigenvalue weighted by Gasteiger charge is -2.28. The highest BCUT2D eigenvalue weighted by molar-refractivity contribution is 5.80. The van der Waals surface area contributed by atoms with E-state index < -0.39 is 5.97 Å². The summed E-state index contributed by atoms with van der Waals surface area (Å²) < 4.78 is 5.33. The van der Waals surface area contributed by atoms with Gasteiger partial charge in [0.1, 0.15) is 5.75 Å². The molecule has 6 heteroatoms. The first-order valence-corrected chi connectivity index (χ1v) is 11.3. The van der Waals surface area contributed by atoms with Crippen molar-refractivity contribution >= 4 is 23.3 Å². The van der Waals surface area contributed by atoms with Gasteiger partial charge in [-0.05, 0) is 79.1 Å². The third-order valence-electron chi connectivity index (χ3n) is 5.90. The van der Waals surface area contributed by atoms with E-state index in [4.69, 9.17) is 9.84 Å². The SMILES string of the molecule is O=C(O)COc1ccc2c(c1)CCCC2CCC(=O)NN(c1ccccc1)c1ccccc1. The summed E-state index contributed by atoms with van der Waals surface area (Å²) in [5.74, 6) is -0.140. The molecule has 0 spiro atoms. The number of benzene rings is 3. The number of hydrogen-bond donors (Lipinski definition) is 2. The number of carboxylic acid groups (broad SMARTS) is 1. The van der Waals surface area contributed by atoms with Gasteiger partial charge in [-0.1, -0.05) is 42.5 Å². The van der Waals surface area contributed by atoms with Gasteiger partial charge in [-0.3, -0.25) is 15.2 Å². The molecule has 0 saturated heterocycles. The summed E-state index contributed by atoms with van der Waals surface area (Å²) in [6, 6.07) is 25.4. The summed E-state index contributed by atoms with van der Waals surface area (Å²) in [4.78, 5) is 23.7. The molecule has 3 aromatic rings. The number of rotatable bonds is 9. The molecule has 3 aromatic carbocycles. The van der Waals surface area contributed by atoms with Gasteiger partial charge in [0.2, 0.25) is 5.91 Å². The van der Waals surface area contributed by atoms with Crippen molar-refractivity contribution in [3.8, 4) is 5.75 Å². The number of aryl methyl sites for hydroxylation is 1. The average Bonchev–Trinajstić information content (AvgIpc) is 2.85. The van der Waals surface area contributed by atoms with Crippen molar-refractivity contribution in [2.24, 2.45) is 0 Å². The first-order valence-electron chi connectivity index (χ1n) is 11.3. The van der Waals surface area contributed by atoms with Crippen molar-refractivity contribution in [2.75, 3.05) is 11.6 Å². The minimum absolute atomic E-state index is 0.0313. The maximum absolute atomic E-state index is 12.9. The van der Waals surface area contributed by atoms with Crippen LogP contribution >= 0.6 is 0 Å². The summed E-state index contributed by atoms with van der Waals surface area (Å²) in [5, 5.41) is 10.6. The van der Waals surface area contributed by atoms with E-state index in [9.17, 15) is 9.59 Å². The highest BCUT2D eigenvalue weighted by Gasteiger charge is 2.22. The number of amides is 1. The number of hydrogen-bond acceptors (Lipinski definition) is 4. The maximum atomic E-state index is 12.9. The summed E-state index contributed by atoms with van der Waals surface area (Å²) in [6.45, 7) is -0.346. The number of aliphatic carboxylic acids is 1. The van der Waals surface area contributed by atoms with Crippen LogP contribution in [0.5, 0.6) is 5.75 Å². The second-order valence-corrected chi connectivity index (χ2v) is 8.21. The Hall–Kier alpha value is -3.80. The van der Waals surface area contributed by atoms with Gasteiger partial charge in [0.25, 0.3) is 0 Å². The van der Waals surface area contributed by atoms with Crippen LogP contribution in [0.15, 0.2) is 78.9 Å². The Kier molecular flexibility index (Phi) is 7.25. The van der Waals surface area contributed by atoms with E-state index in [2.05, 4.69) is 5.43 Å². The van der Waals surface area contributed by atoms with Crippen LogP contribution in [0.3, 0.4) is 0 Å². The summed E-state index contributed by atoms with van der Waals surface area (Å²) in [6.07, 6.45) is 4.19. The zero-order valence-corrected chi connectivity index (χ0v) is 18.4. The number of para-hydroxylation sites is 2. The van der Waals surface area contributed by atoms with E-state index >= 15 is 0 Å². The van der Waals surface area contributed by atoms with Crippen molar-refractivity contribution in [1.82, 2.24) is 5.43 Å². The van der Waals surface area contributed by atoms with Crippen LogP contribution in [0, 0.1) is 0 Å². The fourth-order valence-electron chi connectivity index (χ4n) is 4.34. The van der Waals surface area contributed by atoms with Crippen LogP contribution in [0.1, 0.15) is 42.7 Å². The molecule has 1 unspecified atom stereocenters. The van der Waals surface area contributed by atoms with Crippen molar-refractivity contribution in [1.29, 1.82) is 0 Å². The zero-order chi connectivity index (χ0) is 23.0. The van der Waals surface area contributed by atoms with Gasteiger partial charge in [0.15, 0.2) is 6.61 Å². The van der Waals surface area contributed by atoms with Crippen LogP contribution in [0.2, 0.25) is 0 Å². The Labute approximate surface area is 193 Å². The molecular formula is C27H28N2O4. The molecule has 0 bridgehead atoms. The minimum Gasteiger partial charge on any atom is -0.482 e. The van der Waals surface area contributed by atoms with Crippen molar-refractivity contribution in [2.45, 2.75) is 38.0 Å². The first-order chi connectivity index (χ1) is 16.1. The van der Waals surface area contributed by atoms with Gasteiger partial charge >= 0.3 is 5.97 Å². The molecule has 0 radical (unpaired) electrons. The molecule has 1 aliphatic carbocycles. The fraction of sp³-hybridized carbons (Fsp3) is 0.259. The van der Waals surface area contributed by atoms with Crippen LogP contribution in [-0.2, 0) is 16.0 Å². The highest BCUT2D eigenvalue weighted by Crippen LogP contribution is 2.36. The van der Waals surface area contributed by atoms with Crippen LogP contribution in [-0.4, -0.2) is 23.6 Å². The Morgan fingerprint density at radius 2 is 1.64 bits per heavy atom. The number of nitrogens with one attached hydrogen (secondary N) is 1. The number of nitrogens with zero attached hydrogens (tertiary/aromatic N) is 1. The van der Waals surface area contributed by atoms with E-state index in [-0.39, 0.29) is 12.5 Å². The van der Waals surface area contributed by atoms with Crippen LogP contribution in [0.25, 0.3) is 0 Å². The molecule has 1 amide bonds. The first kappa shape index (κ1) is 22.4. The quantitative estimate of drug-likeness (QED) is 0.443. The van der Waals surface area contributed by atoms with Crippen molar-refractivity contribution in [3.05, 3.63) is 90.0 Å². The number of hydrazine groups is 1. The predicted octanol–water partition coefficient (Wildman–Crippen LogP) is 5.22. The van der Waals surface area contributed by atoms with Gasteiger partial charge in [0.05, 0.1) is 11.4 Å². The Bertz CT molecular complexity index is 1050. The normalized spacial score (nSPS) is 14.7. The second-order valence-electron chi connectivity index (χ2n) is 8.21. The van der Waals surface area contributed by atoms with Crippen molar-refractivity contribution < 1.29 is 19.4 Å². The number of anilines is 2. The van der Waals surface area contributed by atoms with Crippen LogP contribution in [0.4, 0.5) is 11.4 Å². The van der Waals surface area contributed by atoms with Gasteiger partial charge < -0.3 is 9.84 Å². The summed E-state index contributed by atoms with van der Waals surface area (Å²) in [5.41, 5.74) is 7.28. The average molecular weight is 445 g/mol. The molecule has 6 nitrogen and oxygen atoms in total. The van der Waals surface area contributed by atoms with E-state index in [0.29, 0.717) is 18.1 Å². The lowest BCUT2D eigenvalue weighted by Crippen LogP contribution is -2.39. The lowest BCUT2D eigenvalue weighted by molar-refractivity contribution is -0.139. The molecule has 0 fully saturated rings. The monoisotopic (exact) mass is 444 g/mol. The molecule has 0 saturated carbocycles. The number of carboxylic acids is 1. The van der Waals surface area contributed by atoms with E-state index in [0.717, 1.165) is 37.1 Å². The van der Waals surface area contributed by atoms with Gasteiger partial charge in [0, 0.05) is 6.42 Å². The third-order valence-corrected chi connectivity index (χ3v) is 5.90. The molecule has 4 rings (SSSR count). The van der Waals surface area contributed by atoms with Crippen molar-refractivity contribution in [3.63, 3.8) is 0 Å². The third kappa shape index (κ3) is 5.92. The molecule has 1 aliphatic rings. The molecule has 0 heterocycles. The second kappa shape index (κ2) is 10.7. The number of ether oxygens (including phenoxy) is 1. The molecule has 0 aromatic heterocycles. The fourth-order valence-corrected chi connectivity index (χ4v) is 4.34. The molecule has 2 N–H and O–H groups in total. The van der Waals surface area contributed by atoms with E-state index in [1.54, 1.807) is 0 Å². The maximum Gasteiger partial charge on any atom is 0.341 e. The zero-order valence-electron chi connectivity index (χ0n) is 18.4. The Balaban J connectivity index is 1.41. The molecule has 1 atom stereocenters. The predicted molar refractivity (Wildman–Crippen MR) is 128 cm³/mol. The Morgan fingerprint density at radius 1 is 0.970 bits per heavy atom. The lowest BCUT2D eigenvalue weighted by atomic mass is 9.80.